The highest BCUT2D eigenvalue weighted by Crippen LogP contribution is 2.27. The van der Waals surface area contributed by atoms with Crippen molar-refractivity contribution >= 4 is 28.8 Å². The number of nitrogens with two attached hydrogens (primary N) is 1. The predicted molar refractivity (Wildman–Crippen MR) is 177 cm³/mol. The zero-order valence-electron chi connectivity index (χ0n) is 27.2. The van der Waals surface area contributed by atoms with E-state index in [-0.39, 0.29) is 19.4 Å². The number of hydrogen-bond acceptors (Lipinski definition) is 7. The summed E-state index contributed by atoms with van der Waals surface area (Å²) in [4.78, 5) is 51.1. The van der Waals surface area contributed by atoms with Crippen LogP contribution in [0.5, 0.6) is 0 Å². The van der Waals surface area contributed by atoms with E-state index in [0.29, 0.717) is 37.3 Å². The van der Waals surface area contributed by atoms with Crippen LogP contribution in [-0.2, 0) is 26.2 Å². The van der Waals surface area contributed by atoms with Crippen molar-refractivity contribution in [2.45, 2.75) is 102 Å². The summed E-state index contributed by atoms with van der Waals surface area (Å²) < 4.78 is 5.60. The van der Waals surface area contributed by atoms with Gasteiger partial charge in [-0.3, -0.25) is 4.79 Å². The van der Waals surface area contributed by atoms with Crippen molar-refractivity contribution in [3.8, 4) is 0 Å². The average molecular weight is 625 g/mol. The lowest BCUT2D eigenvalue weighted by Crippen LogP contribution is -2.50. The van der Waals surface area contributed by atoms with Gasteiger partial charge in [-0.15, -0.1) is 0 Å². The molecule has 12 nitrogen and oxygen atoms in total. The number of ether oxygens (including phenoxy) is 1. The summed E-state index contributed by atoms with van der Waals surface area (Å²) in [7, 11) is 0. The van der Waals surface area contributed by atoms with Crippen molar-refractivity contribution in [3.63, 3.8) is 0 Å². The molecule has 3 aromatic rings. The van der Waals surface area contributed by atoms with E-state index < -0.39 is 29.1 Å². The molecule has 248 valence electrons. The lowest BCUT2D eigenvalue weighted by atomic mass is 9.88. The number of urea groups is 1. The highest BCUT2D eigenvalue weighted by Gasteiger charge is 2.36. The Hall–Kier alpha value is -3.90. The van der Waals surface area contributed by atoms with Gasteiger partial charge < -0.3 is 41.7 Å². The first-order valence-corrected chi connectivity index (χ1v) is 16.0. The molecule has 1 fully saturated rings. The van der Waals surface area contributed by atoms with Gasteiger partial charge in [0.25, 0.3) is 0 Å². The number of imidazole rings is 1. The maximum absolute atomic E-state index is 13.7. The van der Waals surface area contributed by atoms with Gasteiger partial charge in [-0.2, -0.15) is 0 Å². The summed E-state index contributed by atoms with van der Waals surface area (Å²) in [6, 6.07) is 6.54. The minimum Gasteiger partial charge on any atom is -0.458 e. The number of carbonyl (C=O) groups is 3. The highest BCUT2D eigenvalue weighted by atomic mass is 16.6. The van der Waals surface area contributed by atoms with Gasteiger partial charge in [-0.25, -0.2) is 14.6 Å². The van der Waals surface area contributed by atoms with Gasteiger partial charge in [0.2, 0.25) is 5.91 Å². The van der Waals surface area contributed by atoms with E-state index in [9.17, 15) is 14.4 Å². The zero-order valence-corrected chi connectivity index (χ0v) is 27.2. The van der Waals surface area contributed by atoms with Crippen LogP contribution in [0, 0.1) is 0 Å². The van der Waals surface area contributed by atoms with Crippen molar-refractivity contribution in [1.82, 2.24) is 36.2 Å². The molecule has 3 amide bonds. The van der Waals surface area contributed by atoms with Gasteiger partial charge in [0.15, 0.2) is 0 Å². The van der Waals surface area contributed by atoms with Crippen LogP contribution in [0.3, 0.4) is 0 Å². The minimum absolute atomic E-state index is 0. The van der Waals surface area contributed by atoms with Crippen molar-refractivity contribution < 1.29 is 20.5 Å². The molecule has 1 saturated heterocycles. The number of H-pyrrole nitrogens is 2. The number of aromatic amines is 2. The van der Waals surface area contributed by atoms with Gasteiger partial charge in [-0.1, -0.05) is 18.2 Å². The van der Waals surface area contributed by atoms with Crippen LogP contribution >= 0.6 is 0 Å². The first-order valence-electron chi connectivity index (χ1n) is 16.0. The van der Waals surface area contributed by atoms with Crippen LogP contribution in [-0.4, -0.2) is 70.2 Å². The molecule has 4 rings (SSSR count). The van der Waals surface area contributed by atoms with Crippen LogP contribution < -0.4 is 27.0 Å². The van der Waals surface area contributed by atoms with Crippen molar-refractivity contribution in [3.05, 3.63) is 53.7 Å². The number of aromatic nitrogens is 3. The number of esters is 1. The second-order valence-corrected chi connectivity index (χ2v) is 13.4. The topological polar surface area (TPSA) is 179 Å². The van der Waals surface area contributed by atoms with Crippen LogP contribution in [0.4, 0.5) is 4.79 Å². The molecule has 1 aliphatic heterocycles. The Morgan fingerprint density at radius 2 is 1.82 bits per heavy atom. The van der Waals surface area contributed by atoms with E-state index in [4.69, 9.17) is 10.5 Å². The molecule has 1 aromatic carbocycles. The van der Waals surface area contributed by atoms with E-state index in [1.54, 1.807) is 40.8 Å². The number of piperidine rings is 1. The third-order valence-corrected chi connectivity index (χ3v) is 8.19. The smallest absolute Gasteiger partial charge is 0.329 e. The summed E-state index contributed by atoms with van der Waals surface area (Å²) in [6.45, 7) is 11.2. The molecule has 0 radical (unpaired) electrons. The van der Waals surface area contributed by atoms with E-state index in [0.717, 1.165) is 48.8 Å². The van der Waals surface area contributed by atoms with Gasteiger partial charge in [0, 0.05) is 42.9 Å². The van der Waals surface area contributed by atoms with E-state index in [2.05, 4.69) is 36.2 Å². The number of unbranched alkanes of at least 4 members (excludes halogenated alkanes) is 1. The molecule has 2 atom stereocenters. The van der Waals surface area contributed by atoms with E-state index in [1.807, 2.05) is 30.5 Å². The van der Waals surface area contributed by atoms with E-state index in [1.165, 1.54) is 0 Å². The molecule has 45 heavy (non-hydrogen) atoms. The quantitative estimate of drug-likeness (QED) is 0.112. The number of nitrogens with one attached hydrogen (secondary N) is 6. The Morgan fingerprint density at radius 1 is 1.09 bits per heavy atom. The summed E-state index contributed by atoms with van der Waals surface area (Å²) in [5, 5.41) is 13.5. The average Bonchev–Trinajstić information content (AvgIpc) is 3.64. The lowest BCUT2D eigenvalue weighted by Gasteiger charge is -2.28. The van der Waals surface area contributed by atoms with Gasteiger partial charge in [0.1, 0.15) is 17.5 Å². The number of nitrogens with zero attached hydrogens (tertiary/aromatic N) is 1. The standard InChI is InChI=1S/C33H50N8O4.H2/c1-32(2,3)45-29(42)25(12-8-9-15-34)39-30(43)33(4,5)27-20-37-28(41-27)26(40-31(44)38-22-13-16-35-17-14-22)18-21-19-36-24-11-7-6-10-23(21)24;/h6-7,10-11,19-20,22,25-26,35-36H,8-9,12-18,34H2,1-5H3,(H,37,41)(H,39,43)(H2,38,40,44);1H/t25-,26-;/m1./s1. The summed E-state index contributed by atoms with van der Waals surface area (Å²) in [5.74, 6) is -0.286. The number of para-hydroxylation sites is 1. The SMILES string of the molecule is CC(C)(C)OC(=O)[C@@H](CCCCN)NC(=O)C(C)(C)c1cnc([C@@H](Cc2c[nH]c3ccccc23)NC(=O)NC2CCNCC2)[nH]1.[HH]. The monoisotopic (exact) mass is 624 g/mol. The first-order chi connectivity index (χ1) is 21.4. The molecule has 0 spiro atoms. The Morgan fingerprint density at radius 3 is 2.53 bits per heavy atom. The summed E-state index contributed by atoms with van der Waals surface area (Å²) in [5.41, 5.74) is 6.51. The third-order valence-electron chi connectivity index (χ3n) is 8.19. The van der Waals surface area contributed by atoms with Gasteiger partial charge >= 0.3 is 12.0 Å². The zero-order chi connectivity index (χ0) is 32.6. The van der Waals surface area contributed by atoms with Crippen LogP contribution in [0.1, 0.15) is 91.3 Å². The van der Waals surface area contributed by atoms with Crippen LogP contribution in [0.15, 0.2) is 36.7 Å². The third kappa shape index (κ3) is 9.30. The van der Waals surface area contributed by atoms with Crippen LogP contribution in [0.2, 0.25) is 0 Å². The Labute approximate surface area is 266 Å². The number of carbonyl (C=O) groups excluding carboxylic acids is 3. The number of fused-ring (bicyclic) bond motifs is 1. The normalized spacial score (nSPS) is 15.8. The summed E-state index contributed by atoms with van der Waals surface area (Å²) in [6.07, 6.45) is 7.62. The Balaban J connectivity index is 0.00000576. The van der Waals surface area contributed by atoms with Gasteiger partial charge in [-0.05, 0) is 98.0 Å². The molecule has 3 heterocycles. The molecule has 12 heteroatoms. The molecule has 1 aliphatic rings. The number of benzene rings is 1. The lowest BCUT2D eigenvalue weighted by molar-refractivity contribution is -0.159. The fraction of sp³-hybridized carbons (Fsp3) is 0.576. The first kappa shape index (κ1) is 34.0. The minimum atomic E-state index is -1.07. The molecule has 0 saturated carbocycles. The van der Waals surface area contributed by atoms with E-state index >= 15 is 0 Å². The van der Waals surface area contributed by atoms with Crippen LogP contribution in [0.25, 0.3) is 10.9 Å². The van der Waals surface area contributed by atoms with Crippen molar-refractivity contribution in [2.24, 2.45) is 5.73 Å². The highest BCUT2D eigenvalue weighted by molar-refractivity contribution is 5.91. The maximum atomic E-state index is 13.7. The second kappa shape index (κ2) is 14.9. The molecular formula is C33H52N8O4. The largest absolute Gasteiger partial charge is 0.458 e. The van der Waals surface area contributed by atoms with Gasteiger partial charge in [0.05, 0.1) is 11.5 Å². The molecule has 0 unspecified atom stereocenters. The number of hydrogen-bond donors (Lipinski definition) is 7. The Bertz CT molecular complexity index is 1440. The number of rotatable bonds is 13. The predicted octanol–water partition coefficient (Wildman–Crippen LogP) is 3.71. The van der Waals surface area contributed by atoms with Crippen molar-refractivity contribution in [2.75, 3.05) is 19.6 Å². The maximum Gasteiger partial charge on any atom is 0.329 e. The van der Waals surface area contributed by atoms with Crippen molar-refractivity contribution in [1.29, 1.82) is 0 Å². The number of amides is 3. The second-order valence-electron chi connectivity index (χ2n) is 13.4. The summed E-state index contributed by atoms with van der Waals surface area (Å²) >= 11 is 0. The fourth-order valence-electron chi connectivity index (χ4n) is 5.50. The molecule has 0 bridgehead atoms. The molecule has 8 N–H and O–H groups in total. The molecule has 2 aromatic heterocycles. The fourth-order valence-corrected chi connectivity index (χ4v) is 5.50. The Kier molecular flexibility index (Phi) is 11.3. The molecular weight excluding hydrogens is 572 g/mol. The molecule has 0 aliphatic carbocycles.